The third-order valence-electron chi connectivity index (χ3n) is 2.89. The van der Waals surface area contributed by atoms with E-state index in [1.54, 1.807) is 0 Å². The minimum absolute atomic E-state index is 0.132. The smallest absolute Gasteiger partial charge is 0.261 e. The third-order valence-corrected chi connectivity index (χ3v) is 3.18. The van der Waals surface area contributed by atoms with Crippen molar-refractivity contribution in [2.45, 2.75) is 26.8 Å². The van der Waals surface area contributed by atoms with Crippen LogP contribution in [-0.4, -0.2) is 10.1 Å². The Morgan fingerprint density at radius 1 is 1.25 bits per heavy atom. The highest BCUT2D eigenvalue weighted by molar-refractivity contribution is 6.30. The van der Waals surface area contributed by atoms with Crippen LogP contribution in [0.3, 0.4) is 0 Å². The Labute approximate surface area is 119 Å². The van der Waals surface area contributed by atoms with Crippen molar-refractivity contribution < 1.29 is 13.3 Å². The van der Waals surface area contributed by atoms with Gasteiger partial charge in [0, 0.05) is 0 Å². The number of aromatic nitrogens is 2. The number of rotatable bonds is 2. The number of nitrogens with zero attached hydrogens (tertiary/aromatic N) is 2. The molecule has 1 unspecified atom stereocenters. The first-order chi connectivity index (χ1) is 9.20. The molecule has 7 heteroatoms. The van der Waals surface area contributed by atoms with Crippen LogP contribution in [0.5, 0.6) is 0 Å². The summed E-state index contributed by atoms with van der Waals surface area (Å²) in [7, 11) is 0. The molecule has 1 atom stereocenters. The molecule has 2 N–H and O–H groups in total. The van der Waals surface area contributed by atoms with E-state index in [0.717, 1.165) is 12.1 Å². The van der Waals surface area contributed by atoms with Gasteiger partial charge in [0.1, 0.15) is 11.6 Å². The van der Waals surface area contributed by atoms with Crippen LogP contribution in [0.25, 0.3) is 11.5 Å². The summed E-state index contributed by atoms with van der Waals surface area (Å²) in [6, 6.07) is 1.29. The van der Waals surface area contributed by atoms with Crippen molar-refractivity contribution in [1.29, 1.82) is 0 Å². The van der Waals surface area contributed by atoms with E-state index < -0.39 is 17.7 Å². The van der Waals surface area contributed by atoms with Gasteiger partial charge < -0.3 is 10.3 Å². The van der Waals surface area contributed by atoms with Gasteiger partial charge in [-0.2, -0.15) is 4.98 Å². The largest absolute Gasteiger partial charge is 0.334 e. The van der Waals surface area contributed by atoms with E-state index >= 15 is 0 Å². The summed E-state index contributed by atoms with van der Waals surface area (Å²) in [5.41, 5.74) is 5.55. The molecule has 0 bridgehead atoms. The molecule has 1 aromatic heterocycles. The van der Waals surface area contributed by atoms with Crippen molar-refractivity contribution in [3.63, 3.8) is 0 Å². The maximum absolute atomic E-state index is 13.8. The van der Waals surface area contributed by atoms with E-state index in [0.29, 0.717) is 0 Å². The van der Waals surface area contributed by atoms with Crippen LogP contribution in [0, 0.1) is 17.0 Å². The van der Waals surface area contributed by atoms with Gasteiger partial charge in [-0.1, -0.05) is 37.5 Å². The molecule has 2 aromatic rings. The molecule has 0 aliphatic rings. The van der Waals surface area contributed by atoms with E-state index in [1.165, 1.54) is 0 Å². The Morgan fingerprint density at radius 2 is 1.90 bits per heavy atom. The van der Waals surface area contributed by atoms with Gasteiger partial charge in [0.25, 0.3) is 5.89 Å². The fourth-order valence-electron chi connectivity index (χ4n) is 1.54. The van der Waals surface area contributed by atoms with Crippen LogP contribution in [-0.2, 0) is 0 Å². The molecule has 20 heavy (non-hydrogen) atoms. The standard InChI is InChI=1S/C13H14ClF2N3O/c1-13(2,3)10(17)11-18-12(20-19-11)6-4-9(16)7(14)5-8(6)15/h4-5,10H,17H2,1-3H3. The monoisotopic (exact) mass is 301 g/mol. The third kappa shape index (κ3) is 2.81. The fraction of sp³-hybridized carbons (Fsp3) is 0.385. The van der Waals surface area contributed by atoms with Crippen LogP contribution in [0.2, 0.25) is 5.02 Å². The molecule has 108 valence electrons. The molecule has 0 radical (unpaired) electrons. The Bertz CT molecular complexity index is 637. The molecular formula is C13H14ClF2N3O. The quantitative estimate of drug-likeness (QED) is 0.859. The number of nitrogens with two attached hydrogens (primary N) is 1. The van der Waals surface area contributed by atoms with Crippen LogP contribution in [0.15, 0.2) is 16.7 Å². The van der Waals surface area contributed by atoms with Crippen molar-refractivity contribution in [2.75, 3.05) is 0 Å². The summed E-state index contributed by atoms with van der Waals surface area (Å²) in [5.74, 6) is -1.39. The number of benzene rings is 1. The highest BCUT2D eigenvalue weighted by atomic mass is 35.5. The van der Waals surface area contributed by atoms with Crippen molar-refractivity contribution in [1.82, 2.24) is 10.1 Å². The average molecular weight is 302 g/mol. The molecule has 4 nitrogen and oxygen atoms in total. The molecule has 0 aliphatic heterocycles. The second-order valence-electron chi connectivity index (χ2n) is 5.55. The lowest BCUT2D eigenvalue weighted by molar-refractivity contribution is 0.303. The molecule has 0 aliphatic carbocycles. The minimum Gasteiger partial charge on any atom is -0.334 e. The van der Waals surface area contributed by atoms with E-state index in [9.17, 15) is 8.78 Å². The zero-order valence-electron chi connectivity index (χ0n) is 11.2. The summed E-state index contributed by atoms with van der Waals surface area (Å²) in [4.78, 5) is 4.03. The summed E-state index contributed by atoms with van der Waals surface area (Å²) in [5, 5.41) is 3.41. The Morgan fingerprint density at radius 3 is 2.50 bits per heavy atom. The fourth-order valence-corrected chi connectivity index (χ4v) is 1.69. The zero-order chi connectivity index (χ0) is 15.1. The van der Waals surface area contributed by atoms with Gasteiger partial charge in [-0.15, -0.1) is 0 Å². The normalized spacial score (nSPS) is 13.6. The molecule has 1 heterocycles. The second-order valence-corrected chi connectivity index (χ2v) is 5.95. The molecule has 0 amide bonds. The van der Waals surface area contributed by atoms with E-state index in [1.807, 2.05) is 20.8 Å². The van der Waals surface area contributed by atoms with Gasteiger partial charge in [0.2, 0.25) is 0 Å². The van der Waals surface area contributed by atoms with E-state index in [2.05, 4.69) is 10.1 Å². The van der Waals surface area contributed by atoms with Crippen LogP contribution in [0.1, 0.15) is 32.6 Å². The summed E-state index contributed by atoms with van der Waals surface area (Å²) < 4.78 is 32.1. The predicted octanol–water partition coefficient (Wildman–Crippen LogP) is 3.71. The van der Waals surface area contributed by atoms with Crippen molar-refractivity contribution in [2.24, 2.45) is 11.1 Å². The highest BCUT2D eigenvalue weighted by Crippen LogP contribution is 2.31. The summed E-state index contributed by atoms with van der Waals surface area (Å²) in [6.45, 7) is 5.74. The maximum atomic E-state index is 13.8. The van der Waals surface area contributed by atoms with Gasteiger partial charge in [-0.3, -0.25) is 0 Å². The van der Waals surface area contributed by atoms with Gasteiger partial charge in [0.15, 0.2) is 5.82 Å². The number of halogens is 3. The van der Waals surface area contributed by atoms with Crippen LogP contribution in [0.4, 0.5) is 8.78 Å². The van der Waals surface area contributed by atoms with Gasteiger partial charge in [-0.25, -0.2) is 8.78 Å². The first kappa shape index (κ1) is 14.9. The van der Waals surface area contributed by atoms with Gasteiger partial charge in [-0.05, 0) is 17.5 Å². The molecule has 0 saturated heterocycles. The lowest BCUT2D eigenvalue weighted by Gasteiger charge is -2.23. The number of hydrogen-bond acceptors (Lipinski definition) is 4. The molecule has 0 saturated carbocycles. The van der Waals surface area contributed by atoms with Crippen molar-refractivity contribution >= 4 is 11.6 Å². The topological polar surface area (TPSA) is 64.9 Å². The summed E-state index contributed by atoms with van der Waals surface area (Å²) >= 11 is 5.49. The highest BCUT2D eigenvalue weighted by Gasteiger charge is 2.27. The lowest BCUT2D eigenvalue weighted by Crippen LogP contribution is -2.27. The van der Waals surface area contributed by atoms with Crippen LogP contribution < -0.4 is 5.73 Å². The first-order valence-electron chi connectivity index (χ1n) is 5.94. The van der Waals surface area contributed by atoms with E-state index in [-0.39, 0.29) is 27.7 Å². The summed E-state index contributed by atoms with van der Waals surface area (Å²) in [6.07, 6.45) is 0. The first-order valence-corrected chi connectivity index (χ1v) is 6.32. The number of hydrogen-bond donors (Lipinski definition) is 1. The minimum atomic E-state index is -0.761. The molecule has 0 spiro atoms. The molecule has 1 aromatic carbocycles. The Balaban J connectivity index is 2.41. The molecule has 2 rings (SSSR count). The Kier molecular flexibility index (Phi) is 3.80. The predicted molar refractivity (Wildman–Crippen MR) is 71.0 cm³/mol. The van der Waals surface area contributed by atoms with Gasteiger partial charge in [0.05, 0.1) is 16.6 Å². The SMILES string of the molecule is CC(C)(C)C(N)c1noc(-c2cc(F)c(Cl)cc2F)n1. The second kappa shape index (κ2) is 5.10. The molecule has 0 fully saturated rings. The Hall–Kier alpha value is -1.53. The van der Waals surface area contributed by atoms with Crippen molar-refractivity contribution in [3.05, 3.63) is 34.6 Å². The lowest BCUT2D eigenvalue weighted by atomic mass is 9.87. The maximum Gasteiger partial charge on any atom is 0.261 e. The van der Waals surface area contributed by atoms with Crippen LogP contribution >= 0.6 is 11.6 Å². The molecular weight excluding hydrogens is 288 g/mol. The van der Waals surface area contributed by atoms with Crippen molar-refractivity contribution in [3.8, 4) is 11.5 Å². The van der Waals surface area contributed by atoms with Gasteiger partial charge >= 0.3 is 0 Å². The zero-order valence-corrected chi connectivity index (χ0v) is 12.0. The average Bonchev–Trinajstić information content (AvgIpc) is 2.80. The van der Waals surface area contributed by atoms with E-state index in [4.69, 9.17) is 21.9 Å².